The molecule has 0 radical (unpaired) electrons. The van der Waals surface area contributed by atoms with Gasteiger partial charge >= 0.3 is 12.1 Å². The summed E-state index contributed by atoms with van der Waals surface area (Å²) < 4.78 is 22.4. The summed E-state index contributed by atoms with van der Waals surface area (Å²) in [6.45, 7) is 7.58. The van der Waals surface area contributed by atoms with Crippen LogP contribution in [0.15, 0.2) is 72.8 Å². The summed E-state index contributed by atoms with van der Waals surface area (Å²) in [5, 5.41) is 2.68. The van der Waals surface area contributed by atoms with Crippen molar-refractivity contribution in [3.05, 3.63) is 89.5 Å². The van der Waals surface area contributed by atoms with Gasteiger partial charge in [-0.25, -0.2) is 9.59 Å². The lowest BCUT2D eigenvalue weighted by atomic mass is 9.98. The molecule has 4 rings (SSSR count). The molecule has 200 valence electrons. The number of amides is 1. The SMILES string of the molecule is COc1ccc(COC(=O)[C@H](NC(=O)OCC2c3ccccc3-c3ccccc32)[C@H](C)OC(C)(C)C)cc1. The third kappa shape index (κ3) is 6.53. The minimum atomic E-state index is -1.05. The minimum absolute atomic E-state index is 0.0495. The second-order valence-electron chi connectivity index (χ2n) is 10.3. The molecule has 0 unspecified atom stereocenters. The lowest BCUT2D eigenvalue weighted by Crippen LogP contribution is -2.51. The molecule has 0 heterocycles. The minimum Gasteiger partial charge on any atom is -0.497 e. The Morgan fingerprint density at radius 3 is 2.00 bits per heavy atom. The first kappa shape index (κ1) is 27.2. The Bertz CT molecular complexity index is 1220. The van der Waals surface area contributed by atoms with Gasteiger partial charge in [-0.15, -0.1) is 0 Å². The van der Waals surface area contributed by atoms with E-state index in [0.29, 0.717) is 5.75 Å². The van der Waals surface area contributed by atoms with Gasteiger partial charge in [-0.3, -0.25) is 0 Å². The van der Waals surface area contributed by atoms with Crippen LogP contribution in [0.3, 0.4) is 0 Å². The van der Waals surface area contributed by atoms with Crippen molar-refractivity contribution in [3.8, 4) is 16.9 Å². The van der Waals surface area contributed by atoms with Crippen LogP contribution in [-0.2, 0) is 25.6 Å². The van der Waals surface area contributed by atoms with Crippen molar-refractivity contribution in [2.24, 2.45) is 0 Å². The highest BCUT2D eigenvalue weighted by Gasteiger charge is 2.34. The molecular formula is C31H35NO6. The van der Waals surface area contributed by atoms with E-state index in [1.807, 2.05) is 57.2 Å². The molecule has 1 amide bonds. The monoisotopic (exact) mass is 517 g/mol. The first-order valence-corrected chi connectivity index (χ1v) is 12.7. The standard InChI is InChI=1S/C31H35NO6/c1-20(38-31(2,3)4)28(29(33)36-18-21-14-16-22(35-5)17-15-21)32-30(34)37-19-27-25-12-8-6-10-23(25)24-11-7-9-13-26(24)27/h6-17,20,27-28H,18-19H2,1-5H3,(H,32,34)/t20-,28+/m0/s1. The number of hydrogen-bond acceptors (Lipinski definition) is 6. The molecule has 0 bridgehead atoms. The Labute approximate surface area is 224 Å². The quantitative estimate of drug-likeness (QED) is 0.359. The fraction of sp³-hybridized carbons (Fsp3) is 0.355. The molecular weight excluding hydrogens is 482 g/mol. The van der Waals surface area contributed by atoms with Gasteiger partial charge in [0, 0.05) is 5.92 Å². The third-order valence-electron chi connectivity index (χ3n) is 6.42. The number of fused-ring (bicyclic) bond motifs is 3. The fourth-order valence-electron chi connectivity index (χ4n) is 4.73. The zero-order valence-electron chi connectivity index (χ0n) is 22.5. The molecule has 0 fully saturated rings. The van der Waals surface area contributed by atoms with E-state index < -0.39 is 29.8 Å². The van der Waals surface area contributed by atoms with Gasteiger partial charge in [0.25, 0.3) is 0 Å². The molecule has 2 atom stereocenters. The van der Waals surface area contributed by atoms with Crippen LogP contribution >= 0.6 is 0 Å². The highest BCUT2D eigenvalue weighted by atomic mass is 16.6. The largest absolute Gasteiger partial charge is 0.497 e. The van der Waals surface area contributed by atoms with E-state index in [2.05, 4.69) is 29.6 Å². The molecule has 7 nitrogen and oxygen atoms in total. The second-order valence-corrected chi connectivity index (χ2v) is 10.3. The molecule has 0 aliphatic heterocycles. The van der Waals surface area contributed by atoms with E-state index in [9.17, 15) is 9.59 Å². The van der Waals surface area contributed by atoms with E-state index in [1.54, 1.807) is 26.2 Å². The van der Waals surface area contributed by atoms with Crippen molar-refractivity contribution >= 4 is 12.1 Å². The Morgan fingerprint density at radius 1 is 0.868 bits per heavy atom. The van der Waals surface area contributed by atoms with Gasteiger partial charge < -0.3 is 24.3 Å². The van der Waals surface area contributed by atoms with Crippen molar-refractivity contribution in [2.75, 3.05) is 13.7 Å². The van der Waals surface area contributed by atoms with Crippen LogP contribution in [0.4, 0.5) is 4.79 Å². The van der Waals surface area contributed by atoms with Crippen molar-refractivity contribution < 1.29 is 28.5 Å². The van der Waals surface area contributed by atoms with Crippen LogP contribution in [0.2, 0.25) is 0 Å². The topological polar surface area (TPSA) is 83.1 Å². The maximum absolute atomic E-state index is 13.1. The lowest BCUT2D eigenvalue weighted by Gasteiger charge is -2.30. The number of ether oxygens (including phenoxy) is 4. The Balaban J connectivity index is 1.42. The zero-order chi connectivity index (χ0) is 27.3. The van der Waals surface area contributed by atoms with Gasteiger partial charge in [0.05, 0.1) is 18.8 Å². The zero-order valence-corrected chi connectivity index (χ0v) is 22.5. The molecule has 0 spiro atoms. The number of methoxy groups -OCH3 is 1. The number of nitrogens with one attached hydrogen (secondary N) is 1. The second kappa shape index (κ2) is 11.7. The molecule has 7 heteroatoms. The number of carbonyl (C=O) groups excluding carboxylic acids is 2. The maximum Gasteiger partial charge on any atom is 0.407 e. The van der Waals surface area contributed by atoms with E-state index in [1.165, 1.54) is 0 Å². The Morgan fingerprint density at radius 2 is 1.45 bits per heavy atom. The van der Waals surface area contributed by atoms with Crippen LogP contribution in [0.25, 0.3) is 11.1 Å². The first-order valence-electron chi connectivity index (χ1n) is 12.7. The summed E-state index contributed by atoms with van der Waals surface area (Å²) in [5.41, 5.74) is 4.77. The van der Waals surface area contributed by atoms with Gasteiger partial charge in [-0.2, -0.15) is 0 Å². The van der Waals surface area contributed by atoms with Gasteiger partial charge in [0.15, 0.2) is 6.04 Å². The van der Waals surface area contributed by atoms with Crippen molar-refractivity contribution in [2.45, 2.75) is 58.0 Å². The van der Waals surface area contributed by atoms with Crippen molar-refractivity contribution in [3.63, 3.8) is 0 Å². The molecule has 3 aromatic rings. The van der Waals surface area contributed by atoms with Gasteiger partial charge in [-0.1, -0.05) is 60.7 Å². The number of rotatable bonds is 9. The highest BCUT2D eigenvalue weighted by molar-refractivity contribution is 5.82. The molecule has 1 N–H and O–H groups in total. The molecule has 0 saturated carbocycles. The summed E-state index contributed by atoms with van der Waals surface area (Å²) in [6, 6.07) is 22.4. The summed E-state index contributed by atoms with van der Waals surface area (Å²) in [7, 11) is 1.59. The van der Waals surface area contributed by atoms with Gasteiger partial charge in [-0.05, 0) is 67.6 Å². The summed E-state index contributed by atoms with van der Waals surface area (Å²) >= 11 is 0. The molecule has 0 saturated heterocycles. The molecule has 3 aromatic carbocycles. The van der Waals surface area contributed by atoms with E-state index in [-0.39, 0.29) is 19.1 Å². The normalized spacial score (nSPS) is 14.1. The van der Waals surface area contributed by atoms with Gasteiger partial charge in [0.2, 0.25) is 0 Å². The Hall–Kier alpha value is -3.84. The number of benzene rings is 3. The highest BCUT2D eigenvalue weighted by Crippen LogP contribution is 2.44. The number of hydrogen-bond donors (Lipinski definition) is 1. The first-order chi connectivity index (χ1) is 18.2. The average molecular weight is 518 g/mol. The number of carbonyl (C=O) groups is 2. The predicted molar refractivity (Wildman–Crippen MR) is 145 cm³/mol. The van der Waals surface area contributed by atoms with E-state index >= 15 is 0 Å². The molecule has 38 heavy (non-hydrogen) atoms. The van der Waals surface area contributed by atoms with E-state index in [4.69, 9.17) is 18.9 Å². The third-order valence-corrected chi connectivity index (χ3v) is 6.42. The summed E-state index contributed by atoms with van der Waals surface area (Å²) in [4.78, 5) is 26.0. The van der Waals surface area contributed by atoms with Crippen molar-refractivity contribution in [1.82, 2.24) is 5.32 Å². The van der Waals surface area contributed by atoms with Crippen LogP contribution in [0.1, 0.15) is 50.3 Å². The lowest BCUT2D eigenvalue weighted by molar-refractivity contribution is -0.154. The predicted octanol–water partition coefficient (Wildman–Crippen LogP) is 5.85. The smallest absolute Gasteiger partial charge is 0.407 e. The van der Waals surface area contributed by atoms with Gasteiger partial charge in [0.1, 0.15) is 19.0 Å². The van der Waals surface area contributed by atoms with E-state index in [0.717, 1.165) is 27.8 Å². The number of esters is 1. The molecule has 0 aromatic heterocycles. The Kier molecular flexibility index (Phi) is 8.37. The summed E-state index contributed by atoms with van der Waals surface area (Å²) in [6.07, 6.45) is -1.36. The van der Waals surface area contributed by atoms with Crippen molar-refractivity contribution in [1.29, 1.82) is 0 Å². The summed E-state index contributed by atoms with van der Waals surface area (Å²) in [5.74, 6) is 0.0185. The van der Waals surface area contributed by atoms with Crippen LogP contribution in [-0.4, -0.2) is 43.5 Å². The van der Waals surface area contributed by atoms with Crippen LogP contribution in [0.5, 0.6) is 5.75 Å². The van der Waals surface area contributed by atoms with Crippen LogP contribution < -0.4 is 10.1 Å². The fourth-order valence-corrected chi connectivity index (χ4v) is 4.73. The molecule has 1 aliphatic rings. The average Bonchev–Trinajstić information content (AvgIpc) is 3.22. The molecule has 1 aliphatic carbocycles. The maximum atomic E-state index is 13.1. The van der Waals surface area contributed by atoms with Crippen LogP contribution in [0, 0.1) is 0 Å². The number of alkyl carbamates (subject to hydrolysis) is 1.